The third-order valence-electron chi connectivity index (χ3n) is 5.01. The number of hydrogen-bond donors (Lipinski definition) is 1. The highest BCUT2D eigenvalue weighted by atomic mass is 32.1. The first kappa shape index (κ1) is 19.5. The predicted octanol–water partition coefficient (Wildman–Crippen LogP) is 4.09. The Hall–Kier alpha value is -2.77. The van der Waals surface area contributed by atoms with E-state index in [1.165, 1.54) is 11.3 Å². The standard InChI is InChI=1S/C22H23N3O3S/c1-3-17(26)24-19-18-14(2)13-16(15-7-5-4-6-8-15)23-21(18)29-20(19)22(27)25-9-11-28-12-10-25/h4-8,13H,3,9-12H2,1-2H3,(H,24,26). The number of rotatable bonds is 4. The number of aromatic nitrogens is 1. The summed E-state index contributed by atoms with van der Waals surface area (Å²) >= 11 is 1.34. The third-order valence-corrected chi connectivity index (χ3v) is 6.08. The van der Waals surface area contributed by atoms with Gasteiger partial charge in [0.15, 0.2) is 0 Å². The average Bonchev–Trinajstić information content (AvgIpc) is 3.13. The zero-order chi connectivity index (χ0) is 20.4. The summed E-state index contributed by atoms with van der Waals surface area (Å²) in [6.45, 7) is 5.96. The second kappa shape index (κ2) is 8.31. The van der Waals surface area contributed by atoms with E-state index in [-0.39, 0.29) is 11.8 Å². The van der Waals surface area contributed by atoms with E-state index in [0.29, 0.717) is 43.3 Å². The molecule has 0 atom stereocenters. The van der Waals surface area contributed by atoms with Gasteiger partial charge >= 0.3 is 0 Å². The smallest absolute Gasteiger partial charge is 0.266 e. The van der Waals surface area contributed by atoms with Crippen molar-refractivity contribution < 1.29 is 14.3 Å². The molecular formula is C22H23N3O3S. The van der Waals surface area contributed by atoms with Crippen LogP contribution in [-0.2, 0) is 9.53 Å². The first-order valence-electron chi connectivity index (χ1n) is 9.75. The van der Waals surface area contributed by atoms with Crippen LogP contribution in [-0.4, -0.2) is 48.0 Å². The monoisotopic (exact) mass is 409 g/mol. The molecule has 0 unspecified atom stereocenters. The number of amides is 2. The summed E-state index contributed by atoms with van der Waals surface area (Å²) in [7, 11) is 0. The zero-order valence-electron chi connectivity index (χ0n) is 16.5. The molecule has 150 valence electrons. The van der Waals surface area contributed by atoms with Gasteiger partial charge in [0.25, 0.3) is 5.91 Å². The number of thiophene rings is 1. The summed E-state index contributed by atoms with van der Waals surface area (Å²) in [4.78, 5) is 33.3. The molecule has 7 heteroatoms. The number of anilines is 1. The number of nitrogens with one attached hydrogen (secondary N) is 1. The minimum atomic E-state index is -0.118. The minimum absolute atomic E-state index is 0.0802. The van der Waals surface area contributed by atoms with E-state index >= 15 is 0 Å². The lowest BCUT2D eigenvalue weighted by molar-refractivity contribution is -0.115. The molecule has 0 saturated carbocycles. The summed E-state index contributed by atoms with van der Waals surface area (Å²) in [5.41, 5.74) is 3.44. The lowest BCUT2D eigenvalue weighted by atomic mass is 10.1. The summed E-state index contributed by atoms with van der Waals surface area (Å²) in [6.07, 6.45) is 0.344. The number of benzene rings is 1. The largest absolute Gasteiger partial charge is 0.378 e. The van der Waals surface area contributed by atoms with E-state index in [9.17, 15) is 9.59 Å². The molecule has 3 heterocycles. The van der Waals surface area contributed by atoms with Crippen molar-refractivity contribution in [2.45, 2.75) is 20.3 Å². The van der Waals surface area contributed by atoms with E-state index in [2.05, 4.69) is 5.32 Å². The van der Waals surface area contributed by atoms with Crippen molar-refractivity contribution in [3.05, 3.63) is 46.8 Å². The number of nitrogens with zero attached hydrogens (tertiary/aromatic N) is 2. The number of hydrogen-bond acceptors (Lipinski definition) is 5. The van der Waals surface area contributed by atoms with Crippen LogP contribution in [0.2, 0.25) is 0 Å². The van der Waals surface area contributed by atoms with Gasteiger partial charge in [-0.15, -0.1) is 11.3 Å². The summed E-state index contributed by atoms with van der Waals surface area (Å²) in [5.74, 6) is -0.198. The van der Waals surface area contributed by atoms with Crippen LogP contribution in [0.1, 0.15) is 28.6 Å². The Kier molecular flexibility index (Phi) is 5.60. The first-order chi connectivity index (χ1) is 14.1. The second-order valence-corrected chi connectivity index (χ2v) is 7.98. The van der Waals surface area contributed by atoms with E-state index in [4.69, 9.17) is 9.72 Å². The fourth-order valence-corrected chi connectivity index (χ4v) is 4.62. The number of fused-ring (bicyclic) bond motifs is 1. The Morgan fingerprint density at radius 3 is 2.62 bits per heavy atom. The van der Waals surface area contributed by atoms with E-state index in [0.717, 1.165) is 27.0 Å². The van der Waals surface area contributed by atoms with Crippen LogP contribution < -0.4 is 5.32 Å². The minimum Gasteiger partial charge on any atom is -0.378 e. The average molecular weight is 410 g/mol. The predicted molar refractivity (Wildman–Crippen MR) is 115 cm³/mol. The molecule has 2 aromatic heterocycles. The van der Waals surface area contributed by atoms with E-state index < -0.39 is 0 Å². The molecule has 4 rings (SSSR count). The molecule has 3 aromatic rings. The van der Waals surface area contributed by atoms with Crippen molar-refractivity contribution in [1.82, 2.24) is 9.88 Å². The summed E-state index contributed by atoms with van der Waals surface area (Å²) < 4.78 is 5.37. The highest BCUT2D eigenvalue weighted by molar-refractivity contribution is 7.21. The molecule has 1 aliphatic rings. The van der Waals surface area contributed by atoms with Gasteiger partial charge in [-0.1, -0.05) is 37.3 Å². The van der Waals surface area contributed by atoms with Crippen molar-refractivity contribution in [3.63, 3.8) is 0 Å². The molecule has 29 heavy (non-hydrogen) atoms. The molecular weight excluding hydrogens is 386 g/mol. The molecule has 0 bridgehead atoms. The molecule has 1 aliphatic heterocycles. The van der Waals surface area contributed by atoms with Gasteiger partial charge in [-0.05, 0) is 18.6 Å². The van der Waals surface area contributed by atoms with Crippen LogP contribution in [0.15, 0.2) is 36.4 Å². The fraction of sp³-hybridized carbons (Fsp3) is 0.318. The summed E-state index contributed by atoms with van der Waals surface area (Å²) in [6, 6.07) is 12.0. The van der Waals surface area contributed by atoms with Gasteiger partial charge in [0, 0.05) is 30.5 Å². The Labute approximate surface area is 173 Å². The highest BCUT2D eigenvalue weighted by Gasteiger charge is 2.27. The van der Waals surface area contributed by atoms with Crippen molar-refractivity contribution in [3.8, 4) is 11.3 Å². The SMILES string of the molecule is CCC(=O)Nc1c(C(=O)N2CCOCC2)sc2nc(-c3ccccc3)cc(C)c12. The number of carbonyl (C=O) groups is 2. The fourth-order valence-electron chi connectivity index (χ4n) is 3.45. The maximum atomic E-state index is 13.2. The zero-order valence-corrected chi connectivity index (χ0v) is 17.3. The molecule has 6 nitrogen and oxygen atoms in total. The Morgan fingerprint density at radius 2 is 1.93 bits per heavy atom. The maximum absolute atomic E-state index is 13.2. The van der Waals surface area contributed by atoms with Gasteiger partial charge in [-0.25, -0.2) is 4.98 Å². The molecule has 0 radical (unpaired) electrons. The maximum Gasteiger partial charge on any atom is 0.266 e. The Balaban J connectivity index is 1.84. The van der Waals surface area contributed by atoms with Crippen LogP contribution >= 0.6 is 11.3 Å². The van der Waals surface area contributed by atoms with E-state index in [1.54, 1.807) is 11.8 Å². The first-order valence-corrected chi connectivity index (χ1v) is 10.6. The van der Waals surface area contributed by atoms with Gasteiger partial charge in [0.1, 0.15) is 9.71 Å². The number of ether oxygens (including phenoxy) is 1. The normalized spacial score (nSPS) is 14.2. The Morgan fingerprint density at radius 1 is 1.21 bits per heavy atom. The molecule has 0 aliphatic carbocycles. The highest BCUT2D eigenvalue weighted by Crippen LogP contribution is 2.39. The van der Waals surface area contributed by atoms with Crippen LogP contribution in [0, 0.1) is 6.92 Å². The van der Waals surface area contributed by atoms with Crippen LogP contribution in [0.5, 0.6) is 0 Å². The lowest BCUT2D eigenvalue weighted by Crippen LogP contribution is -2.40. The Bertz CT molecular complexity index is 1060. The summed E-state index contributed by atoms with van der Waals surface area (Å²) in [5, 5.41) is 3.80. The molecule has 0 spiro atoms. The van der Waals surface area contributed by atoms with Gasteiger partial charge in [-0.2, -0.15) is 0 Å². The molecule has 1 aromatic carbocycles. The molecule has 1 fully saturated rings. The van der Waals surface area contributed by atoms with Crippen LogP contribution in [0.3, 0.4) is 0 Å². The van der Waals surface area contributed by atoms with E-state index in [1.807, 2.05) is 43.3 Å². The van der Waals surface area contributed by atoms with Crippen molar-refractivity contribution in [2.24, 2.45) is 0 Å². The number of morpholine rings is 1. The topological polar surface area (TPSA) is 71.5 Å². The van der Waals surface area contributed by atoms with Crippen molar-refractivity contribution in [1.29, 1.82) is 0 Å². The second-order valence-electron chi connectivity index (χ2n) is 6.98. The third kappa shape index (κ3) is 3.88. The van der Waals surface area contributed by atoms with Gasteiger partial charge in [0.2, 0.25) is 5.91 Å². The van der Waals surface area contributed by atoms with Crippen molar-refractivity contribution in [2.75, 3.05) is 31.6 Å². The number of pyridine rings is 1. The van der Waals surface area contributed by atoms with Crippen LogP contribution in [0.4, 0.5) is 5.69 Å². The molecule has 1 saturated heterocycles. The van der Waals surface area contributed by atoms with Crippen LogP contribution in [0.25, 0.3) is 21.5 Å². The van der Waals surface area contributed by atoms with Crippen molar-refractivity contribution >= 4 is 39.1 Å². The van der Waals surface area contributed by atoms with Gasteiger partial charge in [-0.3, -0.25) is 9.59 Å². The number of aryl methyl sites for hydroxylation is 1. The quantitative estimate of drug-likeness (QED) is 0.704. The molecule has 2 amide bonds. The molecule has 1 N–H and O–H groups in total. The lowest BCUT2D eigenvalue weighted by Gasteiger charge is -2.26. The van der Waals surface area contributed by atoms with Gasteiger partial charge in [0.05, 0.1) is 24.6 Å². The number of carbonyl (C=O) groups excluding carboxylic acids is 2. The van der Waals surface area contributed by atoms with Gasteiger partial charge < -0.3 is 15.0 Å².